The lowest BCUT2D eigenvalue weighted by molar-refractivity contribution is -0.00518. The maximum Gasteiger partial charge on any atom is 0.335 e. The molecule has 6 heteroatoms. The van der Waals surface area contributed by atoms with Gasteiger partial charge < -0.3 is 5.11 Å². The summed E-state index contributed by atoms with van der Waals surface area (Å²) in [6.07, 6.45) is 9.30. The second-order valence-corrected chi connectivity index (χ2v) is 8.96. The third-order valence-corrected chi connectivity index (χ3v) is 7.16. The van der Waals surface area contributed by atoms with Crippen LogP contribution in [0.2, 0.25) is 0 Å². The lowest BCUT2D eigenvalue weighted by atomic mass is 9.48. The third kappa shape index (κ3) is 2.58. The van der Waals surface area contributed by atoms with Crippen LogP contribution < -0.4 is 11.2 Å². The average molecular weight is 379 g/mol. The molecule has 4 aliphatic carbocycles. The van der Waals surface area contributed by atoms with Crippen molar-refractivity contribution in [1.29, 1.82) is 0 Å². The first-order chi connectivity index (χ1) is 13.5. The van der Waals surface area contributed by atoms with Crippen LogP contribution in [0.25, 0.3) is 5.69 Å². The van der Waals surface area contributed by atoms with Crippen molar-refractivity contribution in [2.24, 2.45) is 22.7 Å². The van der Waals surface area contributed by atoms with E-state index in [-0.39, 0.29) is 16.9 Å². The second-order valence-electron chi connectivity index (χ2n) is 8.96. The highest BCUT2D eigenvalue weighted by Gasteiger charge is 2.51. The first-order valence-corrected chi connectivity index (χ1v) is 10.1. The van der Waals surface area contributed by atoms with Crippen molar-refractivity contribution in [1.82, 2.24) is 9.55 Å². The number of aromatic nitrogens is 2. The molecule has 1 heterocycles. The topological polar surface area (TPSA) is 87.4 Å². The number of rotatable bonds is 3. The number of nitrogens with zero attached hydrogens (tertiary/aromatic N) is 2. The summed E-state index contributed by atoms with van der Waals surface area (Å²) in [5.74, 6) is 2.22. The van der Waals surface area contributed by atoms with Crippen LogP contribution in [-0.2, 0) is 5.41 Å². The number of hydrogen-bond donors (Lipinski definition) is 2. The highest BCUT2D eigenvalue weighted by molar-refractivity contribution is 5.82. The van der Waals surface area contributed by atoms with Crippen LogP contribution in [0.15, 0.2) is 38.8 Å². The van der Waals surface area contributed by atoms with E-state index in [1.807, 2.05) is 12.1 Å². The molecule has 0 atom stereocenters. The Morgan fingerprint density at radius 2 is 1.64 bits per heavy atom. The maximum absolute atomic E-state index is 12.3. The fourth-order valence-electron chi connectivity index (χ4n) is 6.45. The monoisotopic (exact) mass is 379 g/mol. The van der Waals surface area contributed by atoms with Gasteiger partial charge in [-0.3, -0.25) is 14.8 Å². The molecule has 4 bridgehead atoms. The largest absolute Gasteiger partial charge is 0.493 e. The van der Waals surface area contributed by atoms with E-state index in [0.717, 1.165) is 22.3 Å². The van der Waals surface area contributed by atoms with Crippen molar-refractivity contribution < 1.29 is 5.11 Å². The van der Waals surface area contributed by atoms with Gasteiger partial charge in [0.2, 0.25) is 5.88 Å². The molecule has 2 N–H and O–H groups in total. The summed E-state index contributed by atoms with van der Waals surface area (Å²) in [6, 6.07) is 7.96. The molecule has 1 aromatic carbocycles. The van der Waals surface area contributed by atoms with Crippen molar-refractivity contribution in [2.75, 3.05) is 7.05 Å². The van der Waals surface area contributed by atoms with E-state index in [4.69, 9.17) is 0 Å². The predicted molar refractivity (Wildman–Crippen MR) is 108 cm³/mol. The molecule has 0 unspecified atom stereocenters. The van der Waals surface area contributed by atoms with Gasteiger partial charge in [-0.05, 0) is 79.4 Å². The summed E-state index contributed by atoms with van der Waals surface area (Å²) in [5.41, 5.74) is 0.853. The molecule has 4 saturated carbocycles. The van der Waals surface area contributed by atoms with Gasteiger partial charge in [0.15, 0.2) is 0 Å². The Hall–Kier alpha value is -2.63. The van der Waals surface area contributed by atoms with E-state index >= 15 is 0 Å². The zero-order chi connectivity index (χ0) is 19.5. The van der Waals surface area contributed by atoms with Crippen molar-refractivity contribution >= 4 is 6.21 Å². The van der Waals surface area contributed by atoms with E-state index in [2.05, 4.69) is 22.1 Å². The normalized spacial score (nSPS) is 31.0. The highest BCUT2D eigenvalue weighted by Crippen LogP contribution is 2.60. The Morgan fingerprint density at radius 1 is 1.07 bits per heavy atom. The van der Waals surface area contributed by atoms with E-state index in [9.17, 15) is 14.7 Å². The van der Waals surface area contributed by atoms with Crippen LogP contribution in [0.3, 0.4) is 0 Å². The van der Waals surface area contributed by atoms with E-state index in [1.165, 1.54) is 57.4 Å². The van der Waals surface area contributed by atoms with Gasteiger partial charge in [0.1, 0.15) is 5.56 Å². The summed E-state index contributed by atoms with van der Waals surface area (Å²) >= 11 is 0. The minimum absolute atomic E-state index is 0.0211. The van der Waals surface area contributed by atoms with Crippen LogP contribution in [0.1, 0.15) is 49.7 Å². The van der Waals surface area contributed by atoms with Crippen molar-refractivity contribution in [3.8, 4) is 11.6 Å². The Bertz CT molecular complexity index is 1030. The molecule has 6 nitrogen and oxygen atoms in total. The molecule has 2 aromatic rings. The number of aromatic amines is 1. The molecule has 1 aromatic heterocycles. The highest BCUT2D eigenvalue weighted by atomic mass is 16.3. The minimum Gasteiger partial charge on any atom is -0.493 e. The van der Waals surface area contributed by atoms with E-state index in [1.54, 1.807) is 0 Å². The van der Waals surface area contributed by atoms with E-state index < -0.39 is 11.2 Å². The first kappa shape index (κ1) is 17.5. The molecular weight excluding hydrogens is 354 g/mol. The van der Waals surface area contributed by atoms with Crippen LogP contribution in [0.5, 0.6) is 5.88 Å². The van der Waals surface area contributed by atoms with Gasteiger partial charge in [-0.2, -0.15) is 0 Å². The molecule has 4 aliphatic rings. The van der Waals surface area contributed by atoms with Crippen molar-refractivity contribution in [2.45, 2.75) is 43.9 Å². The number of aromatic hydroxyl groups is 1. The van der Waals surface area contributed by atoms with Crippen LogP contribution in [0, 0.1) is 17.8 Å². The SMILES string of the molecule is CN=Cc1c(O)n(-c2ccc(C34CC5CC(CC(C5)C3)C4)cc2)c(=O)[nH]c1=O. The predicted octanol–water partition coefficient (Wildman–Crippen LogP) is 2.75. The first-order valence-electron chi connectivity index (χ1n) is 10.1. The van der Waals surface area contributed by atoms with Gasteiger partial charge in [-0.15, -0.1) is 0 Å². The smallest absolute Gasteiger partial charge is 0.335 e. The Labute approximate surface area is 163 Å². The van der Waals surface area contributed by atoms with Crippen LogP contribution in [0.4, 0.5) is 0 Å². The molecule has 0 radical (unpaired) electrons. The molecule has 6 rings (SSSR count). The summed E-state index contributed by atoms with van der Waals surface area (Å²) in [7, 11) is 1.51. The zero-order valence-corrected chi connectivity index (χ0v) is 16.0. The summed E-state index contributed by atoms with van der Waals surface area (Å²) in [4.78, 5) is 30.3. The quantitative estimate of drug-likeness (QED) is 0.804. The van der Waals surface area contributed by atoms with Crippen molar-refractivity contribution in [3.05, 3.63) is 56.2 Å². The molecule has 0 aliphatic heterocycles. The average Bonchev–Trinajstić information content (AvgIpc) is 2.64. The molecule has 0 spiro atoms. The fourth-order valence-corrected chi connectivity index (χ4v) is 6.45. The fraction of sp³-hybridized carbons (Fsp3) is 0.500. The number of H-pyrrole nitrogens is 1. The number of nitrogens with one attached hydrogen (secondary N) is 1. The number of hydrogen-bond acceptors (Lipinski definition) is 4. The molecule has 146 valence electrons. The summed E-state index contributed by atoms with van der Waals surface area (Å²) < 4.78 is 1.13. The number of aliphatic imine (C=N–C) groups is 1. The molecule has 28 heavy (non-hydrogen) atoms. The Balaban J connectivity index is 1.54. The standard InChI is InChI=1S/C22H25N3O3/c1-23-12-18-19(26)24-21(28)25(20(18)27)17-4-2-16(3-5-17)22-9-13-6-14(10-22)8-15(7-13)11-22/h2-5,12-15,27H,6-11H2,1H3,(H,24,26,28). The lowest BCUT2D eigenvalue weighted by Crippen LogP contribution is -2.48. The van der Waals surface area contributed by atoms with E-state index in [0.29, 0.717) is 5.69 Å². The number of benzene rings is 1. The Kier molecular flexibility index (Phi) is 3.86. The molecule has 0 saturated heterocycles. The van der Waals surface area contributed by atoms with Gasteiger partial charge in [-0.25, -0.2) is 9.36 Å². The third-order valence-electron chi connectivity index (χ3n) is 7.16. The minimum atomic E-state index is -0.654. The van der Waals surface area contributed by atoms with Gasteiger partial charge in [0, 0.05) is 13.3 Å². The lowest BCUT2D eigenvalue weighted by Gasteiger charge is -2.57. The zero-order valence-electron chi connectivity index (χ0n) is 16.0. The second kappa shape index (κ2) is 6.19. The van der Waals surface area contributed by atoms with Gasteiger partial charge >= 0.3 is 5.69 Å². The summed E-state index contributed by atoms with van der Waals surface area (Å²) in [6.45, 7) is 0. The molecular formula is C22H25N3O3. The van der Waals surface area contributed by atoms with Gasteiger partial charge in [0.25, 0.3) is 5.56 Å². The molecule has 0 amide bonds. The Morgan fingerprint density at radius 3 is 2.18 bits per heavy atom. The van der Waals surface area contributed by atoms with Gasteiger partial charge in [-0.1, -0.05) is 12.1 Å². The van der Waals surface area contributed by atoms with Crippen LogP contribution in [-0.4, -0.2) is 27.9 Å². The maximum atomic E-state index is 12.3. The van der Waals surface area contributed by atoms with Crippen molar-refractivity contribution in [3.63, 3.8) is 0 Å². The summed E-state index contributed by atoms with van der Waals surface area (Å²) in [5, 5.41) is 10.5. The molecule has 4 fully saturated rings. The van der Waals surface area contributed by atoms with Gasteiger partial charge in [0.05, 0.1) is 5.69 Å². The van der Waals surface area contributed by atoms with Crippen LogP contribution >= 0.6 is 0 Å².